The van der Waals surface area contributed by atoms with Crippen LogP contribution in [0.25, 0.3) is 11.0 Å². The third kappa shape index (κ3) is 1.25. The number of hydrogen-bond acceptors (Lipinski definition) is 3. The van der Waals surface area contributed by atoms with Gasteiger partial charge in [0, 0.05) is 5.39 Å². The average Bonchev–Trinajstić information content (AvgIpc) is 2.33. The van der Waals surface area contributed by atoms with Gasteiger partial charge in [-0.15, -0.1) is 12.4 Å². The van der Waals surface area contributed by atoms with E-state index in [1.807, 2.05) is 6.07 Å². The lowest BCUT2D eigenvalue weighted by Crippen LogP contribution is -1.88. The van der Waals surface area contributed by atoms with Gasteiger partial charge in [-0.05, 0) is 12.1 Å². The first kappa shape index (κ1) is 7.81. The quantitative estimate of drug-likeness (QED) is 0.619. The van der Waals surface area contributed by atoms with E-state index < -0.39 is 0 Å². The molecule has 0 aliphatic heterocycles. The molecule has 0 aromatic carbocycles. The second-order valence-electron chi connectivity index (χ2n) is 2.04. The Bertz CT molecular complexity index is 356. The summed E-state index contributed by atoms with van der Waals surface area (Å²) in [7, 11) is 0. The van der Waals surface area contributed by atoms with E-state index in [-0.39, 0.29) is 12.4 Å². The normalized spacial score (nSPS) is 9.45. The van der Waals surface area contributed by atoms with Crippen LogP contribution < -0.4 is 5.73 Å². The Morgan fingerprint density at radius 1 is 1.36 bits per heavy atom. The van der Waals surface area contributed by atoms with E-state index in [9.17, 15) is 0 Å². The van der Waals surface area contributed by atoms with E-state index in [1.54, 1.807) is 12.3 Å². The molecule has 2 rings (SSSR count). The monoisotopic (exact) mass is 170 g/mol. The molecule has 2 heterocycles. The molecule has 0 aliphatic carbocycles. The maximum atomic E-state index is 5.42. The fraction of sp³-hybridized carbons (Fsp3) is 0. The summed E-state index contributed by atoms with van der Waals surface area (Å²) in [6, 6.07) is 3.62. The summed E-state index contributed by atoms with van der Waals surface area (Å²) in [5.74, 6) is 0.511. The van der Waals surface area contributed by atoms with Crippen LogP contribution in [0.3, 0.4) is 0 Å². The summed E-state index contributed by atoms with van der Waals surface area (Å²) in [6.45, 7) is 0. The van der Waals surface area contributed by atoms with E-state index in [0.29, 0.717) is 5.82 Å². The molecular weight excluding hydrogens is 164 g/mol. The number of aromatic nitrogens is 3. The molecule has 0 unspecified atom stereocenters. The van der Waals surface area contributed by atoms with Crippen molar-refractivity contribution in [3.05, 3.63) is 18.3 Å². The SMILES string of the molecule is Cl.Nc1ccc2cn[nH]c2n1. The van der Waals surface area contributed by atoms with E-state index in [2.05, 4.69) is 15.2 Å². The highest BCUT2D eigenvalue weighted by Crippen LogP contribution is 2.08. The second kappa shape index (κ2) is 2.75. The predicted octanol–water partition coefficient (Wildman–Crippen LogP) is 0.962. The minimum Gasteiger partial charge on any atom is -0.384 e. The van der Waals surface area contributed by atoms with Crippen LogP contribution in [0, 0.1) is 0 Å². The predicted molar refractivity (Wildman–Crippen MR) is 45.5 cm³/mol. The molecule has 4 nitrogen and oxygen atoms in total. The van der Waals surface area contributed by atoms with E-state index >= 15 is 0 Å². The number of hydrogen-bond donors (Lipinski definition) is 2. The van der Waals surface area contributed by atoms with Gasteiger partial charge in [0.2, 0.25) is 0 Å². The van der Waals surface area contributed by atoms with Crippen LogP contribution in [0.2, 0.25) is 0 Å². The molecule has 2 aromatic rings. The largest absolute Gasteiger partial charge is 0.384 e. The topological polar surface area (TPSA) is 67.6 Å². The minimum atomic E-state index is 0. The van der Waals surface area contributed by atoms with Crippen molar-refractivity contribution in [3.8, 4) is 0 Å². The summed E-state index contributed by atoms with van der Waals surface area (Å²) in [5.41, 5.74) is 6.16. The van der Waals surface area contributed by atoms with Crippen molar-refractivity contribution in [2.24, 2.45) is 0 Å². The minimum absolute atomic E-state index is 0. The van der Waals surface area contributed by atoms with Crippen molar-refractivity contribution in [3.63, 3.8) is 0 Å². The summed E-state index contributed by atoms with van der Waals surface area (Å²) in [5, 5.41) is 7.50. The summed E-state index contributed by atoms with van der Waals surface area (Å²) in [6.07, 6.45) is 1.71. The Kier molecular flexibility index (Phi) is 1.96. The summed E-state index contributed by atoms with van der Waals surface area (Å²) in [4.78, 5) is 4.00. The number of nitrogens with zero attached hydrogens (tertiary/aromatic N) is 2. The van der Waals surface area contributed by atoms with Gasteiger partial charge in [0.05, 0.1) is 6.20 Å². The van der Waals surface area contributed by atoms with Gasteiger partial charge in [0.25, 0.3) is 0 Å². The Labute approximate surface area is 69.2 Å². The zero-order chi connectivity index (χ0) is 6.97. The highest BCUT2D eigenvalue weighted by atomic mass is 35.5. The lowest BCUT2D eigenvalue weighted by Gasteiger charge is -1.88. The van der Waals surface area contributed by atoms with Crippen LogP contribution in [-0.2, 0) is 0 Å². The van der Waals surface area contributed by atoms with Gasteiger partial charge >= 0.3 is 0 Å². The molecule has 5 heteroatoms. The Morgan fingerprint density at radius 2 is 2.18 bits per heavy atom. The Balaban J connectivity index is 0.000000605. The molecule has 0 bridgehead atoms. The third-order valence-electron chi connectivity index (χ3n) is 1.32. The van der Waals surface area contributed by atoms with Crippen molar-refractivity contribution < 1.29 is 0 Å². The van der Waals surface area contributed by atoms with Gasteiger partial charge < -0.3 is 5.73 Å². The number of rotatable bonds is 0. The smallest absolute Gasteiger partial charge is 0.157 e. The molecule has 0 amide bonds. The standard InChI is InChI=1S/C6H6N4.ClH/c7-5-2-1-4-3-8-10-6(4)9-5;/h1-3H,(H3,7,8,9,10);1H. The van der Waals surface area contributed by atoms with Crippen LogP contribution in [-0.4, -0.2) is 15.2 Å². The summed E-state index contributed by atoms with van der Waals surface area (Å²) >= 11 is 0. The Morgan fingerprint density at radius 3 is 3.00 bits per heavy atom. The average molecular weight is 171 g/mol. The number of aromatic amines is 1. The van der Waals surface area contributed by atoms with Crippen molar-refractivity contribution in [2.45, 2.75) is 0 Å². The van der Waals surface area contributed by atoms with Gasteiger partial charge in [-0.25, -0.2) is 4.98 Å². The number of nitrogens with one attached hydrogen (secondary N) is 1. The number of nitrogens with two attached hydrogens (primary N) is 1. The molecule has 3 N–H and O–H groups in total. The number of H-pyrrole nitrogens is 1. The van der Waals surface area contributed by atoms with E-state index in [1.165, 1.54) is 0 Å². The van der Waals surface area contributed by atoms with Crippen molar-refractivity contribution >= 4 is 29.3 Å². The molecule has 0 radical (unpaired) electrons. The second-order valence-corrected chi connectivity index (χ2v) is 2.04. The highest BCUT2D eigenvalue weighted by Gasteiger charge is 1.94. The van der Waals surface area contributed by atoms with Crippen molar-refractivity contribution in [1.82, 2.24) is 15.2 Å². The number of pyridine rings is 1. The first-order valence-corrected chi connectivity index (χ1v) is 2.92. The van der Waals surface area contributed by atoms with Gasteiger partial charge in [-0.2, -0.15) is 5.10 Å². The fourth-order valence-corrected chi connectivity index (χ4v) is 0.842. The van der Waals surface area contributed by atoms with Gasteiger partial charge in [0.15, 0.2) is 5.65 Å². The molecule has 2 aromatic heterocycles. The zero-order valence-electron chi connectivity index (χ0n) is 5.61. The highest BCUT2D eigenvalue weighted by molar-refractivity contribution is 5.85. The Hall–Kier alpha value is -1.29. The lowest BCUT2D eigenvalue weighted by molar-refractivity contribution is 1.10. The molecule has 0 atom stereocenters. The van der Waals surface area contributed by atoms with Crippen LogP contribution in [0.4, 0.5) is 5.82 Å². The molecule has 0 saturated carbocycles. The molecular formula is C6H7ClN4. The van der Waals surface area contributed by atoms with Gasteiger partial charge in [0.1, 0.15) is 5.82 Å². The molecule has 58 valence electrons. The lowest BCUT2D eigenvalue weighted by atomic mass is 10.3. The van der Waals surface area contributed by atoms with Gasteiger partial charge in [-0.3, -0.25) is 5.10 Å². The molecule has 11 heavy (non-hydrogen) atoms. The molecule has 0 spiro atoms. The maximum Gasteiger partial charge on any atom is 0.157 e. The van der Waals surface area contributed by atoms with Crippen LogP contribution >= 0.6 is 12.4 Å². The first-order chi connectivity index (χ1) is 4.86. The zero-order valence-corrected chi connectivity index (χ0v) is 6.43. The number of nitrogen functional groups attached to an aromatic ring is 1. The van der Waals surface area contributed by atoms with Crippen molar-refractivity contribution in [2.75, 3.05) is 5.73 Å². The van der Waals surface area contributed by atoms with Gasteiger partial charge in [-0.1, -0.05) is 0 Å². The third-order valence-corrected chi connectivity index (χ3v) is 1.32. The first-order valence-electron chi connectivity index (χ1n) is 2.92. The van der Waals surface area contributed by atoms with Crippen LogP contribution in [0.15, 0.2) is 18.3 Å². The molecule has 0 fully saturated rings. The summed E-state index contributed by atoms with van der Waals surface area (Å²) < 4.78 is 0. The molecule has 0 aliphatic rings. The fourth-order valence-electron chi connectivity index (χ4n) is 0.842. The maximum absolute atomic E-state index is 5.42. The van der Waals surface area contributed by atoms with E-state index in [0.717, 1.165) is 11.0 Å². The number of anilines is 1. The van der Waals surface area contributed by atoms with E-state index in [4.69, 9.17) is 5.73 Å². The van der Waals surface area contributed by atoms with Crippen LogP contribution in [0.1, 0.15) is 0 Å². The number of halogens is 1. The molecule has 0 saturated heterocycles. The van der Waals surface area contributed by atoms with Crippen LogP contribution in [0.5, 0.6) is 0 Å². The number of fused-ring (bicyclic) bond motifs is 1. The van der Waals surface area contributed by atoms with Crippen molar-refractivity contribution in [1.29, 1.82) is 0 Å².